The molecule has 126 valence electrons. The molecule has 2 aromatic carbocycles. The van der Waals surface area contributed by atoms with Crippen LogP contribution >= 0.6 is 11.6 Å². The maximum atomic E-state index is 11.8. The molecule has 8 heteroatoms. The molecule has 0 aliphatic carbocycles. The molecule has 1 N–H and O–H groups in total. The first-order valence-corrected chi connectivity index (χ1v) is 7.51. The highest BCUT2D eigenvalue weighted by Gasteiger charge is 2.19. The molecule has 0 aliphatic heterocycles. The Kier molecular flexibility index (Phi) is 4.76. The van der Waals surface area contributed by atoms with Crippen LogP contribution in [0.2, 0.25) is 5.28 Å². The van der Waals surface area contributed by atoms with Gasteiger partial charge < -0.3 is 14.6 Å². The van der Waals surface area contributed by atoms with Crippen LogP contribution in [0.15, 0.2) is 48.5 Å². The van der Waals surface area contributed by atoms with Gasteiger partial charge in [-0.3, -0.25) is 0 Å². The van der Waals surface area contributed by atoms with Gasteiger partial charge in [0.1, 0.15) is 11.3 Å². The maximum Gasteiger partial charge on any atom is 0.340 e. The Bertz CT molecular complexity index is 919. The number of halogens is 1. The summed E-state index contributed by atoms with van der Waals surface area (Å²) in [5, 5.41) is 9.53. The predicted octanol–water partition coefficient (Wildman–Crippen LogP) is 3.69. The summed E-state index contributed by atoms with van der Waals surface area (Å²) in [6.07, 6.45) is 0. The lowest BCUT2D eigenvalue weighted by Crippen LogP contribution is -2.05. The van der Waals surface area contributed by atoms with Crippen molar-refractivity contribution in [1.29, 1.82) is 0 Å². The van der Waals surface area contributed by atoms with Crippen LogP contribution in [-0.4, -0.2) is 33.1 Å². The molecule has 0 bridgehead atoms. The Morgan fingerprint density at radius 1 is 1.00 bits per heavy atom. The van der Waals surface area contributed by atoms with E-state index in [1.807, 2.05) is 30.3 Å². The van der Waals surface area contributed by atoms with Crippen molar-refractivity contribution >= 4 is 17.6 Å². The SMILES string of the molecule is COc1nc(Cl)nc(Oc2cccc(-c3ccccc3)c2C(=O)O)n1. The fraction of sp³-hybridized carbons (Fsp3) is 0.0588. The molecule has 0 radical (unpaired) electrons. The van der Waals surface area contributed by atoms with Crippen molar-refractivity contribution in [3.63, 3.8) is 0 Å². The van der Waals surface area contributed by atoms with Crippen molar-refractivity contribution in [1.82, 2.24) is 15.0 Å². The molecule has 0 saturated heterocycles. The quantitative estimate of drug-likeness (QED) is 0.744. The number of rotatable bonds is 5. The van der Waals surface area contributed by atoms with Gasteiger partial charge in [-0.2, -0.15) is 9.97 Å². The van der Waals surface area contributed by atoms with E-state index in [-0.39, 0.29) is 28.6 Å². The Morgan fingerprint density at radius 3 is 2.40 bits per heavy atom. The van der Waals surface area contributed by atoms with Crippen LogP contribution in [0.3, 0.4) is 0 Å². The maximum absolute atomic E-state index is 11.8. The Hall–Kier alpha value is -3.19. The number of carboxylic acids is 1. The lowest BCUT2D eigenvalue weighted by Gasteiger charge is -2.12. The van der Waals surface area contributed by atoms with Crippen LogP contribution < -0.4 is 9.47 Å². The minimum atomic E-state index is -1.14. The van der Waals surface area contributed by atoms with E-state index < -0.39 is 5.97 Å². The summed E-state index contributed by atoms with van der Waals surface area (Å²) in [5.74, 6) is -1.06. The van der Waals surface area contributed by atoms with Gasteiger partial charge in [0, 0.05) is 0 Å². The lowest BCUT2D eigenvalue weighted by molar-refractivity contribution is 0.0695. The van der Waals surface area contributed by atoms with Crippen LogP contribution in [0.4, 0.5) is 0 Å². The molecular formula is C17H12ClN3O4. The van der Waals surface area contributed by atoms with Gasteiger partial charge in [0.2, 0.25) is 5.28 Å². The summed E-state index contributed by atoms with van der Waals surface area (Å²) in [5.41, 5.74) is 1.25. The molecule has 0 amide bonds. The summed E-state index contributed by atoms with van der Waals surface area (Å²) in [6.45, 7) is 0. The zero-order valence-electron chi connectivity index (χ0n) is 13.0. The molecule has 0 aliphatic rings. The van der Waals surface area contributed by atoms with Gasteiger partial charge in [0.25, 0.3) is 0 Å². The van der Waals surface area contributed by atoms with Gasteiger partial charge in [-0.25, -0.2) is 4.79 Å². The monoisotopic (exact) mass is 357 g/mol. The molecular weight excluding hydrogens is 346 g/mol. The van der Waals surface area contributed by atoms with Crippen molar-refractivity contribution in [2.45, 2.75) is 0 Å². The summed E-state index contributed by atoms with van der Waals surface area (Å²) in [7, 11) is 1.37. The predicted molar refractivity (Wildman–Crippen MR) is 90.3 cm³/mol. The van der Waals surface area contributed by atoms with Crippen molar-refractivity contribution in [2.75, 3.05) is 7.11 Å². The highest BCUT2D eigenvalue weighted by molar-refractivity contribution is 6.28. The van der Waals surface area contributed by atoms with E-state index in [2.05, 4.69) is 15.0 Å². The second kappa shape index (κ2) is 7.14. The van der Waals surface area contributed by atoms with Gasteiger partial charge in [-0.05, 0) is 28.8 Å². The van der Waals surface area contributed by atoms with E-state index in [1.165, 1.54) is 13.2 Å². The third-order valence-corrected chi connectivity index (χ3v) is 3.44. The average molecular weight is 358 g/mol. The molecule has 0 atom stereocenters. The third-order valence-electron chi connectivity index (χ3n) is 3.28. The van der Waals surface area contributed by atoms with Crippen LogP contribution in [0.1, 0.15) is 10.4 Å². The van der Waals surface area contributed by atoms with Crippen molar-refractivity contribution in [2.24, 2.45) is 0 Å². The van der Waals surface area contributed by atoms with Crippen LogP contribution in [0.5, 0.6) is 17.8 Å². The highest BCUT2D eigenvalue weighted by Crippen LogP contribution is 2.33. The second-order valence-electron chi connectivity index (χ2n) is 4.83. The minimum Gasteiger partial charge on any atom is -0.478 e. The third kappa shape index (κ3) is 3.67. The average Bonchev–Trinajstić information content (AvgIpc) is 2.61. The first-order valence-electron chi connectivity index (χ1n) is 7.13. The molecule has 0 fully saturated rings. The first-order chi connectivity index (χ1) is 12.1. The number of hydrogen-bond donors (Lipinski definition) is 1. The fourth-order valence-electron chi connectivity index (χ4n) is 2.24. The highest BCUT2D eigenvalue weighted by atomic mass is 35.5. The van der Waals surface area contributed by atoms with Gasteiger partial charge in [-0.15, -0.1) is 4.98 Å². The van der Waals surface area contributed by atoms with Crippen molar-refractivity contribution < 1.29 is 19.4 Å². The Balaban J connectivity index is 2.08. The van der Waals surface area contributed by atoms with E-state index in [0.29, 0.717) is 5.56 Å². The summed E-state index contributed by atoms with van der Waals surface area (Å²) < 4.78 is 10.4. The number of hydrogen-bond acceptors (Lipinski definition) is 6. The lowest BCUT2D eigenvalue weighted by atomic mass is 9.99. The minimum absolute atomic E-state index is 0.01000. The number of aromatic carboxylic acids is 1. The smallest absolute Gasteiger partial charge is 0.340 e. The van der Waals surface area contributed by atoms with Gasteiger partial charge >= 0.3 is 18.0 Å². The molecule has 0 spiro atoms. The number of aromatic nitrogens is 3. The fourth-order valence-corrected chi connectivity index (χ4v) is 2.39. The Labute approximate surface area is 147 Å². The largest absolute Gasteiger partial charge is 0.478 e. The standard InChI is InChI=1S/C17H12ClN3O4/c1-24-16-19-15(18)20-17(21-16)25-12-9-5-8-11(13(12)14(22)23)10-6-3-2-4-7-10/h2-9H,1H3,(H,22,23). The van der Waals surface area contributed by atoms with Crippen LogP contribution in [0, 0.1) is 0 Å². The van der Waals surface area contributed by atoms with E-state index in [0.717, 1.165) is 5.56 Å². The number of methoxy groups -OCH3 is 1. The van der Waals surface area contributed by atoms with E-state index in [9.17, 15) is 9.90 Å². The van der Waals surface area contributed by atoms with Crippen molar-refractivity contribution in [3.05, 3.63) is 59.4 Å². The van der Waals surface area contributed by atoms with Crippen LogP contribution in [-0.2, 0) is 0 Å². The number of nitrogens with zero attached hydrogens (tertiary/aromatic N) is 3. The number of ether oxygens (including phenoxy) is 2. The molecule has 7 nitrogen and oxygen atoms in total. The van der Waals surface area contributed by atoms with Gasteiger partial charge in [0.15, 0.2) is 0 Å². The van der Waals surface area contributed by atoms with E-state index in [4.69, 9.17) is 21.1 Å². The topological polar surface area (TPSA) is 94.4 Å². The van der Waals surface area contributed by atoms with Gasteiger partial charge in [0.05, 0.1) is 7.11 Å². The Morgan fingerprint density at radius 2 is 1.72 bits per heavy atom. The first kappa shape index (κ1) is 16.7. The van der Waals surface area contributed by atoms with E-state index >= 15 is 0 Å². The zero-order valence-corrected chi connectivity index (χ0v) is 13.8. The normalized spacial score (nSPS) is 10.3. The number of carbonyl (C=O) groups is 1. The van der Waals surface area contributed by atoms with E-state index in [1.54, 1.807) is 12.1 Å². The molecule has 3 rings (SSSR count). The molecule has 0 saturated carbocycles. The van der Waals surface area contributed by atoms with Crippen LogP contribution in [0.25, 0.3) is 11.1 Å². The summed E-state index contributed by atoms with van der Waals surface area (Å²) in [6, 6.07) is 13.8. The van der Waals surface area contributed by atoms with Gasteiger partial charge in [-0.1, -0.05) is 42.5 Å². The molecule has 0 unspecified atom stereocenters. The zero-order chi connectivity index (χ0) is 17.8. The summed E-state index contributed by atoms with van der Waals surface area (Å²) in [4.78, 5) is 23.3. The molecule has 3 aromatic rings. The molecule has 25 heavy (non-hydrogen) atoms. The summed E-state index contributed by atoms with van der Waals surface area (Å²) >= 11 is 5.79. The molecule has 1 aromatic heterocycles. The second-order valence-corrected chi connectivity index (χ2v) is 5.16. The number of benzene rings is 2. The number of carboxylic acid groups (broad SMARTS) is 1. The molecule has 1 heterocycles. The van der Waals surface area contributed by atoms with Crippen molar-refractivity contribution in [3.8, 4) is 28.9 Å².